The molecule has 0 radical (unpaired) electrons. The lowest BCUT2D eigenvalue weighted by Gasteiger charge is -2.23. The molecule has 1 aliphatic carbocycles. The number of nitrogens with one attached hydrogen (secondary N) is 1. The van der Waals surface area contributed by atoms with Crippen molar-refractivity contribution in [1.29, 1.82) is 0 Å². The zero-order valence-corrected chi connectivity index (χ0v) is 15.4. The number of halogens is 1. The number of aryl methyl sites for hydroxylation is 1. The van der Waals surface area contributed by atoms with Crippen LogP contribution in [0.3, 0.4) is 0 Å². The Morgan fingerprint density at radius 1 is 1.16 bits per heavy atom. The molecule has 6 heteroatoms. The van der Waals surface area contributed by atoms with E-state index >= 15 is 0 Å². The van der Waals surface area contributed by atoms with Crippen molar-refractivity contribution < 1.29 is 14.6 Å². The minimum atomic E-state index is -1.03. The second-order valence-electron chi connectivity index (χ2n) is 6.85. The van der Waals surface area contributed by atoms with Crippen LogP contribution in [0.5, 0.6) is 0 Å². The summed E-state index contributed by atoms with van der Waals surface area (Å²) in [7, 11) is 0. The molecule has 1 aromatic carbocycles. The van der Waals surface area contributed by atoms with Crippen LogP contribution in [0.4, 0.5) is 0 Å². The Bertz CT molecular complexity index is 787. The van der Waals surface area contributed by atoms with Crippen molar-refractivity contribution in [1.82, 2.24) is 5.32 Å². The van der Waals surface area contributed by atoms with Gasteiger partial charge in [-0.3, -0.25) is 0 Å². The van der Waals surface area contributed by atoms with Gasteiger partial charge in [-0.05, 0) is 42.9 Å². The van der Waals surface area contributed by atoms with Crippen molar-refractivity contribution >= 4 is 23.4 Å². The number of hydrogen-bond acceptors (Lipinski definition) is 5. The van der Waals surface area contributed by atoms with Crippen LogP contribution in [0.2, 0.25) is 0 Å². The van der Waals surface area contributed by atoms with Crippen molar-refractivity contribution in [2.75, 3.05) is 6.54 Å². The van der Waals surface area contributed by atoms with Gasteiger partial charge in [0.1, 0.15) is 11.7 Å². The number of fused-ring (bicyclic) bond motifs is 3. The highest BCUT2D eigenvalue weighted by molar-refractivity contribution is 5.86. The van der Waals surface area contributed by atoms with Gasteiger partial charge >= 0.3 is 5.63 Å². The Balaban J connectivity index is 0.00000225. The maximum Gasteiger partial charge on any atom is 0.339 e. The van der Waals surface area contributed by atoms with Crippen LogP contribution in [0.1, 0.15) is 49.5 Å². The number of hydrogen-bond donors (Lipinski definition) is 3. The quantitative estimate of drug-likeness (QED) is 0.707. The molecule has 1 heterocycles. The van der Waals surface area contributed by atoms with Crippen LogP contribution in [0.15, 0.2) is 27.4 Å². The lowest BCUT2D eigenvalue weighted by Crippen LogP contribution is -2.35. The van der Waals surface area contributed by atoms with E-state index in [-0.39, 0.29) is 24.1 Å². The van der Waals surface area contributed by atoms with Crippen LogP contribution >= 0.6 is 12.4 Å². The lowest BCUT2D eigenvalue weighted by molar-refractivity contribution is 0.0189. The van der Waals surface area contributed by atoms with E-state index in [0.29, 0.717) is 17.7 Å². The summed E-state index contributed by atoms with van der Waals surface area (Å²) in [6.07, 6.45) is 1.57. The van der Waals surface area contributed by atoms with E-state index in [1.54, 1.807) is 18.2 Å². The number of aliphatic hydroxyl groups is 2. The van der Waals surface area contributed by atoms with E-state index in [1.165, 1.54) is 0 Å². The molecule has 1 aliphatic rings. The highest BCUT2D eigenvalue weighted by Crippen LogP contribution is 2.33. The summed E-state index contributed by atoms with van der Waals surface area (Å²) >= 11 is 0. The molecule has 25 heavy (non-hydrogen) atoms. The largest absolute Gasteiger partial charge is 0.422 e. The highest BCUT2D eigenvalue weighted by atomic mass is 35.5. The second kappa shape index (κ2) is 8.32. The first kappa shape index (κ1) is 19.9. The topological polar surface area (TPSA) is 82.7 Å². The Morgan fingerprint density at radius 3 is 2.52 bits per heavy atom. The molecule has 5 nitrogen and oxygen atoms in total. The molecule has 138 valence electrons. The minimum Gasteiger partial charge on any atom is -0.422 e. The smallest absolute Gasteiger partial charge is 0.339 e. The van der Waals surface area contributed by atoms with E-state index in [9.17, 15) is 15.0 Å². The minimum absolute atomic E-state index is 0. The average Bonchev–Trinajstić information content (AvgIpc) is 2.58. The molecular weight excluding hydrogens is 342 g/mol. The zero-order chi connectivity index (χ0) is 17.3. The van der Waals surface area contributed by atoms with Crippen molar-refractivity contribution in [2.24, 2.45) is 0 Å². The average molecular weight is 368 g/mol. The maximum atomic E-state index is 12.2. The summed E-state index contributed by atoms with van der Waals surface area (Å²) < 4.78 is 5.46. The summed E-state index contributed by atoms with van der Waals surface area (Å²) in [4.78, 5) is 12.2. The predicted molar refractivity (Wildman–Crippen MR) is 100 cm³/mol. The van der Waals surface area contributed by atoms with Gasteiger partial charge in [-0.25, -0.2) is 4.79 Å². The van der Waals surface area contributed by atoms with Gasteiger partial charge in [-0.2, -0.15) is 0 Å². The highest BCUT2D eigenvalue weighted by Gasteiger charge is 2.25. The monoisotopic (exact) mass is 367 g/mol. The van der Waals surface area contributed by atoms with E-state index in [2.05, 4.69) is 5.32 Å². The molecule has 0 saturated heterocycles. The van der Waals surface area contributed by atoms with E-state index in [4.69, 9.17) is 4.42 Å². The van der Waals surface area contributed by atoms with Crippen LogP contribution in [0.25, 0.3) is 11.0 Å². The lowest BCUT2D eigenvalue weighted by atomic mass is 9.87. The predicted octanol–water partition coefficient (Wildman–Crippen LogP) is 2.49. The van der Waals surface area contributed by atoms with E-state index in [1.807, 2.05) is 13.8 Å². The molecule has 1 aromatic heterocycles. The molecule has 0 aliphatic heterocycles. The molecule has 2 aromatic rings. The molecule has 2 unspecified atom stereocenters. The fourth-order valence-corrected chi connectivity index (χ4v) is 3.45. The summed E-state index contributed by atoms with van der Waals surface area (Å²) in [5.41, 5.74) is 2.55. The molecule has 3 N–H and O–H groups in total. The molecule has 3 rings (SSSR count). The Kier molecular flexibility index (Phi) is 6.63. The van der Waals surface area contributed by atoms with Gasteiger partial charge in [-0.1, -0.05) is 26.0 Å². The first-order chi connectivity index (χ1) is 11.5. The van der Waals surface area contributed by atoms with Gasteiger partial charge < -0.3 is 19.9 Å². The summed E-state index contributed by atoms with van der Waals surface area (Å²) in [5, 5.41) is 24.9. The third kappa shape index (κ3) is 4.06. The Labute approximate surface area is 153 Å². The van der Waals surface area contributed by atoms with Gasteiger partial charge in [0.05, 0.1) is 6.10 Å². The van der Waals surface area contributed by atoms with Crippen molar-refractivity contribution in [3.8, 4) is 0 Å². The fourth-order valence-electron chi connectivity index (χ4n) is 3.45. The fraction of sp³-hybridized carbons (Fsp3) is 0.526. The molecule has 0 spiro atoms. The van der Waals surface area contributed by atoms with Gasteiger partial charge in [0.15, 0.2) is 0 Å². The summed E-state index contributed by atoms with van der Waals surface area (Å²) in [6, 6.07) is 5.54. The molecule has 2 atom stereocenters. The van der Waals surface area contributed by atoms with Gasteiger partial charge in [0, 0.05) is 23.5 Å². The molecule has 0 saturated carbocycles. The Hall–Kier alpha value is -1.40. The number of benzene rings is 1. The van der Waals surface area contributed by atoms with E-state index < -0.39 is 12.2 Å². The van der Waals surface area contributed by atoms with Crippen LogP contribution < -0.4 is 10.9 Å². The van der Waals surface area contributed by atoms with Crippen LogP contribution in [0, 0.1) is 0 Å². The van der Waals surface area contributed by atoms with E-state index in [0.717, 1.165) is 42.2 Å². The number of rotatable bonds is 5. The van der Waals surface area contributed by atoms with Gasteiger partial charge in [-0.15, -0.1) is 12.4 Å². The normalized spacial score (nSPS) is 16.4. The van der Waals surface area contributed by atoms with Crippen molar-refractivity contribution in [3.05, 3.63) is 45.3 Å². The Morgan fingerprint density at radius 2 is 1.84 bits per heavy atom. The molecular formula is C19H26ClNO4. The zero-order valence-electron chi connectivity index (χ0n) is 14.6. The summed E-state index contributed by atoms with van der Waals surface area (Å²) in [6.45, 7) is 4.28. The molecule has 0 amide bonds. The standard InChI is InChI=1S/C19H25NO4.ClH/c1-11(2)20-10-15(21)18(22)14-8-5-9-16-17(14)12-6-3-4-7-13(12)19(23)24-16;/h5,8-9,11,15,18,20-22H,3-4,6-7,10H2,1-2H3;1H. The van der Waals surface area contributed by atoms with Gasteiger partial charge in [0.2, 0.25) is 0 Å². The SMILES string of the molecule is CC(C)NCC(O)C(O)c1cccc2oc(=O)c3c(c12)CCCC3.Cl. The first-order valence-electron chi connectivity index (χ1n) is 8.66. The third-order valence-corrected chi connectivity index (χ3v) is 4.70. The van der Waals surface area contributed by atoms with Crippen LogP contribution in [-0.2, 0) is 12.8 Å². The van der Waals surface area contributed by atoms with Crippen molar-refractivity contribution in [3.63, 3.8) is 0 Å². The van der Waals surface area contributed by atoms with Crippen LogP contribution in [-0.4, -0.2) is 28.9 Å². The number of aliphatic hydroxyl groups excluding tert-OH is 2. The first-order valence-corrected chi connectivity index (χ1v) is 8.66. The van der Waals surface area contributed by atoms with Crippen molar-refractivity contribution in [2.45, 2.75) is 57.8 Å². The molecule has 0 bridgehead atoms. The third-order valence-electron chi connectivity index (χ3n) is 4.70. The summed E-state index contributed by atoms with van der Waals surface area (Å²) in [5.74, 6) is 0. The maximum absolute atomic E-state index is 12.2. The van der Waals surface area contributed by atoms with Gasteiger partial charge in [0.25, 0.3) is 0 Å². The molecule has 0 fully saturated rings. The second-order valence-corrected chi connectivity index (χ2v) is 6.85.